The van der Waals surface area contributed by atoms with Gasteiger partial charge in [0.15, 0.2) is 0 Å². The fraction of sp³-hybridized carbons (Fsp3) is 0.357. The molecule has 0 bridgehead atoms. The summed E-state index contributed by atoms with van der Waals surface area (Å²) in [6.45, 7) is 4.85. The first-order valence-corrected chi connectivity index (χ1v) is 6.39. The molecule has 4 heteroatoms. The van der Waals surface area contributed by atoms with Gasteiger partial charge in [0.25, 0.3) is 0 Å². The Morgan fingerprint density at radius 1 is 1.28 bits per heavy atom. The monoisotopic (exact) mass is 242 g/mol. The quantitative estimate of drug-likeness (QED) is 0.768. The van der Waals surface area contributed by atoms with Crippen LogP contribution in [0.15, 0.2) is 24.4 Å². The molecular weight excluding hydrogens is 224 g/mol. The van der Waals surface area contributed by atoms with Crippen LogP contribution in [0.25, 0.3) is 0 Å². The van der Waals surface area contributed by atoms with E-state index in [0.717, 1.165) is 31.7 Å². The number of fused-ring (bicyclic) bond motifs is 1. The third-order valence-corrected chi connectivity index (χ3v) is 3.50. The molecule has 0 atom stereocenters. The van der Waals surface area contributed by atoms with Crippen molar-refractivity contribution < 1.29 is 0 Å². The zero-order chi connectivity index (χ0) is 12.4. The van der Waals surface area contributed by atoms with Crippen LogP contribution in [0.3, 0.4) is 0 Å². The highest BCUT2D eigenvalue weighted by molar-refractivity contribution is 5.61. The Labute approximate surface area is 107 Å². The van der Waals surface area contributed by atoms with Crippen molar-refractivity contribution in [2.24, 2.45) is 0 Å². The second kappa shape index (κ2) is 4.82. The molecule has 4 nitrogen and oxygen atoms in total. The highest BCUT2D eigenvalue weighted by Crippen LogP contribution is 2.26. The van der Waals surface area contributed by atoms with Crippen molar-refractivity contribution in [3.8, 4) is 0 Å². The van der Waals surface area contributed by atoms with Gasteiger partial charge in [0.05, 0.1) is 6.20 Å². The smallest absolute Gasteiger partial charge is 0.0535 e. The number of rotatable bonds is 4. The number of hydrogen-bond donors (Lipinski definition) is 3. The third-order valence-electron chi connectivity index (χ3n) is 3.50. The number of aryl methyl sites for hydroxylation is 1. The maximum Gasteiger partial charge on any atom is 0.0535 e. The average molecular weight is 242 g/mol. The van der Waals surface area contributed by atoms with Crippen LogP contribution in [0, 0.1) is 6.92 Å². The molecule has 0 spiro atoms. The molecule has 1 aliphatic rings. The molecule has 0 unspecified atom stereocenters. The van der Waals surface area contributed by atoms with E-state index in [9.17, 15) is 0 Å². The zero-order valence-electron chi connectivity index (χ0n) is 10.6. The summed E-state index contributed by atoms with van der Waals surface area (Å²) in [6, 6.07) is 6.54. The van der Waals surface area contributed by atoms with Crippen LogP contribution in [0.5, 0.6) is 0 Å². The van der Waals surface area contributed by atoms with Crippen molar-refractivity contribution in [2.45, 2.75) is 26.4 Å². The number of aromatic nitrogens is 2. The molecule has 0 amide bonds. The molecule has 3 rings (SSSR count). The molecule has 2 heterocycles. The SMILES string of the molecule is Cc1[nH]ncc1CNCc1cccc2c1NCC2. The maximum atomic E-state index is 4.03. The van der Waals surface area contributed by atoms with Crippen LogP contribution in [-0.2, 0) is 19.5 Å². The summed E-state index contributed by atoms with van der Waals surface area (Å²) < 4.78 is 0. The molecule has 0 fully saturated rings. The first kappa shape index (κ1) is 11.3. The van der Waals surface area contributed by atoms with Gasteiger partial charge in [-0.15, -0.1) is 0 Å². The van der Waals surface area contributed by atoms with Crippen LogP contribution >= 0.6 is 0 Å². The highest BCUT2D eigenvalue weighted by Gasteiger charge is 2.13. The number of benzene rings is 1. The van der Waals surface area contributed by atoms with Gasteiger partial charge < -0.3 is 10.6 Å². The Balaban J connectivity index is 1.64. The summed E-state index contributed by atoms with van der Waals surface area (Å²) >= 11 is 0. The van der Waals surface area contributed by atoms with E-state index in [2.05, 4.69) is 39.0 Å². The van der Waals surface area contributed by atoms with Crippen molar-refractivity contribution in [3.63, 3.8) is 0 Å². The predicted octanol–water partition coefficient (Wildman–Crippen LogP) is 1.98. The second-order valence-electron chi connectivity index (χ2n) is 4.75. The van der Waals surface area contributed by atoms with E-state index in [1.54, 1.807) is 0 Å². The summed E-state index contributed by atoms with van der Waals surface area (Å²) in [7, 11) is 0. The van der Waals surface area contributed by atoms with Crippen LogP contribution in [-0.4, -0.2) is 16.7 Å². The number of aromatic amines is 1. The molecule has 0 radical (unpaired) electrons. The van der Waals surface area contributed by atoms with Crippen LogP contribution < -0.4 is 10.6 Å². The van der Waals surface area contributed by atoms with Gasteiger partial charge in [-0.2, -0.15) is 5.10 Å². The topological polar surface area (TPSA) is 52.7 Å². The number of anilines is 1. The number of nitrogens with zero attached hydrogens (tertiary/aromatic N) is 1. The van der Waals surface area contributed by atoms with E-state index >= 15 is 0 Å². The van der Waals surface area contributed by atoms with Crippen molar-refractivity contribution in [1.82, 2.24) is 15.5 Å². The number of H-pyrrole nitrogens is 1. The molecule has 0 aliphatic carbocycles. The van der Waals surface area contributed by atoms with Gasteiger partial charge in [-0.3, -0.25) is 5.10 Å². The lowest BCUT2D eigenvalue weighted by Gasteiger charge is -2.09. The standard InChI is InChI=1S/C14H18N4/c1-10-13(9-17-18-10)8-15-7-12-4-2-3-11-5-6-16-14(11)12/h2-4,9,15-16H,5-8H2,1H3,(H,17,18). The Kier molecular flexibility index (Phi) is 3.02. The lowest BCUT2D eigenvalue weighted by molar-refractivity contribution is 0.692. The average Bonchev–Trinajstić information content (AvgIpc) is 2.99. The number of hydrogen-bond acceptors (Lipinski definition) is 3. The van der Waals surface area contributed by atoms with Gasteiger partial charge in [0.1, 0.15) is 0 Å². The first-order chi connectivity index (χ1) is 8.84. The Morgan fingerprint density at radius 3 is 3.00 bits per heavy atom. The minimum Gasteiger partial charge on any atom is -0.384 e. The van der Waals surface area contributed by atoms with Crippen molar-refractivity contribution in [1.29, 1.82) is 0 Å². The normalized spacial score (nSPS) is 13.4. The molecule has 1 aliphatic heterocycles. The van der Waals surface area contributed by atoms with Gasteiger partial charge in [0, 0.05) is 36.6 Å². The Hall–Kier alpha value is -1.81. The molecular formula is C14H18N4. The zero-order valence-corrected chi connectivity index (χ0v) is 10.6. The van der Waals surface area contributed by atoms with Gasteiger partial charge >= 0.3 is 0 Å². The Morgan fingerprint density at radius 2 is 2.17 bits per heavy atom. The minimum absolute atomic E-state index is 0.853. The molecule has 94 valence electrons. The van der Waals surface area contributed by atoms with Gasteiger partial charge in [-0.05, 0) is 24.5 Å². The fourth-order valence-electron chi connectivity index (χ4n) is 2.44. The van der Waals surface area contributed by atoms with E-state index in [4.69, 9.17) is 0 Å². The van der Waals surface area contributed by atoms with Crippen LogP contribution in [0.1, 0.15) is 22.4 Å². The summed E-state index contributed by atoms with van der Waals surface area (Å²) in [5, 5.41) is 13.9. The van der Waals surface area contributed by atoms with E-state index in [1.165, 1.54) is 22.4 Å². The van der Waals surface area contributed by atoms with Crippen LogP contribution in [0.4, 0.5) is 5.69 Å². The van der Waals surface area contributed by atoms with Gasteiger partial charge in [0.2, 0.25) is 0 Å². The molecule has 18 heavy (non-hydrogen) atoms. The summed E-state index contributed by atoms with van der Waals surface area (Å²) in [6.07, 6.45) is 3.03. The molecule has 1 aromatic carbocycles. The number of nitrogens with one attached hydrogen (secondary N) is 3. The molecule has 1 aromatic heterocycles. The predicted molar refractivity (Wildman–Crippen MR) is 72.5 cm³/mol. The van der Waals surface area contributed by atoms with Crippen molar-refractivity contribution in [3.05, 3.63) is 46.8 Å². The molecule has 0 saturated carbocycles. The van der Waals surface area contributed by atoms with E-state index in [0.29, 0.717) is 0 Å². The Bertz CT molecular complexity index is 544. The lowest BCUT2D eigenvalue weighted by Crippen LogP contribution is -2.14. The summed E-state index contributed by atoms with van der Waals surface area (Å²) in [4.78, 5) is 0. The van der Waals surface area contributed by atoms with E-state index in [-0.39, 0.29) is 0 Å². The largest absolute Gasteiger partial charge is 0.384 e. The highest BCUT2D eigenvalue weighted by atomic mass is 15.1. The summed E-state index contributed by atoms with van der Waals surface area (Å²) in [5.41, 5.74) is 6.49. The van der Waals surface area contributed by atoms with Gasteiger partial charge in [-0.1, -0.05) is 18.2 Å². The third kappa shape index (κ3) is 2.11. The second-order valence-corrected chi connectivity index (χ2v) is 4.75. The van der Waals surface area contributed by atoms with Crippen molar-refractivity contribution in [2.75, 3.05) is 11.9 Å². The lowest BCUT2D eigenvalue weighted by atomic mass is 10.1. The molecule has 3 N–H and O–H groups in total. The molecule has 2 aromatic rings. The van der Waals surface area contributed by atoms with Gasteiger partial charge in [-0.25, -0.2) is 0 Å². The number of para-hydroxylation sites is 1. The summed E-state index contributed by atoms with van der Waals surface area (Å²) in [5.74, 6) is 0. The minimum atomic E-state index is 0.853. The van der Waals surface area contributed by atoms with E-state index < -0.39 is 0 Å². The van der Waals surface area contributed by atoms with E-state index in [1.807, 2.05) is 13.1 Å². The van der Waals surface area contributed by atoms with Crippen molar-refractivity contribution >= 4 is 5.69 Å². The van der Waals surface area contributed by atoms with Crippen LogP contribution in [0.2, 0.25) is 0 Å². The molecule has 0 saturated heterocycles. The first-order valence-electron chi connectivity index (χ1n) is 6.39. The maximum absolute atomic E-state index is 4.03. The fourth-order valence-corrected chi connectivity index (χ4v) is 2.44.